The van der Waals surface area contributed by atoms with Crippen molar-refractivity contribution in [1.29, 1.82) is 0 Å². The minimum absolute atomic E-state index is 0.165. The first-order valence-corrected chi connectivity index (χ1v) is 6.72. The Bertz CT molecular complexity index is 321. The van der Waals surface area contributed by atoms with Crippen LogP contribution >= 0.6 is 11.3 Å². The molecular weight excluding hydrogens is 204 g/mol. The van der Waals surface area contributed by atoms with Gasteiger partial charge in [-0.1, -0.05) is 19.8 Å². The van der Waals surface area contributed by atoms with Crippen LogP contribution in [0.1, 0.15) is 49.4 Å². The maximum Gasteiger partial charge on any atom is 0.0898 e. The summed E-state index contributed by atoms with van der Waals surface area (Å²) in [5.41, 5.74) is 7.40. The molecule has 0 radical (unpaired) electrons. The van der Waals surface area contributed by atoms with Crippen LogP contribution in [-0.2, 0) is 0 Å². The molecular formula is C12H20N2S. The molecule has 1 aromatic rings. The molecule has 2 nitrogen and oxygen atoms in total. The Kier molecular flexibility index (Phi) is 3.42. The number of hydrogen-bond acceptors (Lipinski definition) is 3. The van der Waals surface area contributed by atoms with Crippen molar-refractivity contribution in [3.63, 3.8) is 0 Å². The highest BCUT2D eigenvalue weighted by atomic mass is 32.1. The zero-order chi connectivity index (χ0) is 10.8. The first kappa shape index (κ1) is 11.1. The number of aryl methyl sites for hydroxylation is 1. The number of nitrogens with two attached hydrogens (primary N) is 1. The maximum absolute atomic E-state index is 6.29. The Labute approximate surface area is 95.9 Å². The molecule has 0 saturated heterocycles. The second-order valence-electron chi connectivity index (χ2n) is 4.85. The molecule has 1 aromatic heterocycles. The van der Waals surface area contributed by atoms with Gasteiger partial charge in [-0.25, -0.2) is 4.98 Å². The zero-order valence-corrected chi connectivity index (χ0v) is 10.4. The van der Waals surface area contributed by atoms with Crippen LogP contribution in [0.5, 0.6) is 0 Å². The SMILES string of the molecule is Cc1nc(C(N)C2CCCC(C)C2)cs1. The fourth-order valence-corrected chi connectivity index (χ4v) is 3.24. The van der Waals surface area contributed by atoms with E-state index in [0.717, 1.165) is 16.6 Å². The molecule has 2 N–H and O–H groups in total. The lowest BCUT2D eigenvalue weighted by atomic mass is 9.78. The molecule has 3 unspecified atom stereocenters. The van der Waals surface area contributed by atoms with Gasteiger partial charge in [0, 0.05) is 5.38 Å². The highest BCUT2D eigenvalue weighted by Gasteiger charge is 2.26. The second kappa shape index (κ2) is 4.62. The first-order chi connectivity index (χ1) is 7.16. The molecule has 0 amide bonds. The van der Waals surface area contributed by atoms with Gasteiger partial charge in [-0.3, -0.25) is 0 Å². The molecule has 1 heterocycles. The van der Waals surface area contributed by atoms with E-state index < -0.39 is 0 Å². The van der Waals surface area contributed by atoms with E-state index in [1.54, 1.807) is 11.3 Å². The number of hydrogen-bond donors (Lipinski definition) is 1. The average Bonchev–Trinajstić information content (AvgIpc) is 2.64. The summed E-state index contributed by atoms with van der Waals surface area (Å²) < 4.78 is 0. The lowest BCUT2D eigenvalue weighted by molar-refractivity contribution is 0.246. The minimum Gasteiger partial charge on any atom is -0.322 e. The molecule has 3 atom stereocenters. The predicted octanol–water partition coefficient (Wildman–Crippen LogP) is 3.28. The standard InChI is InChI=1S/C12H20N2S/c1-8-4-3-5-10(6-8)12(13)11-7-15-9(2)14-11/h7-8,10,12H,3-6,13H2,1-2H3. The largest absolute Gasteiger partial charge is 0.322 e. The fourth-order valence-electron chi connectivity index (χ4n) is 2.58. The summed E-state index contributed by atoms with van der Waals surface area (Å²) in [4.78, 5) is 4.50. The highest BCUT2D eigenvalue weighted by Crippen LogP contribution is 2.35. The molecule has 1 fully saturated rings. The van der Waals surface area contributed by atoms with E-state index in [4.69, 9.17) is 5.73 Å². The van der Waals surface area contributed by atoms with Crippen LogP contribution < -0.4 is 5.73 Å². The summed E-state index contributed by atoms with van der Waals surface area (Å²) in [7, 11) is 0. The third-order valence-electron chi connectivity index (χ3n) is 3.46. The van der Waals surface area contributed by atoms with Gasteiger partial charge in [-0.2, -0.15) is 0 Å². The van der Waals surface area contributed by atoms with Gasteiger partial charge in [0.1, 0.15) is 0 Å². The first-order valence-electron chi connectivity index (χ1n) is 5.84. The van der Waals surface area contributed by atoms with Gasteiger partial charge < -0.3 is 5.73 Å². The zero-order valence-electron chi connectivity index (χ0n) is 9.57. The topological polar surface area (TPSA) is 38.9 Å². The maximum atomic E-state index is 6.29. The van der Waals surface area contributed by atoms with Crippen molar-refractivity contribution < 1.29 is 0 Å². The fraction of sp³-hybridized carbons (Fsp3) is 0.750. The summed E-state index contributed by atoms with van der Waals surface area (Å²) in [5, 5.41) is 3.25. The van der Waals surface area contributed by atoms with Crippen molar-refractivity contribution in [1.82, 2.24) is 4.98 Å². The Morgan fingerprint density at radius 2 is 2.33 bits per heavy atom. The highest BCUT2D eigenvalue weighted by molar-refractivity contribution is 7.09. The molecule has 84 valence electrons. The van der Waals surface area contributed by atoms with Crippen molar-refractivity contribution in [3.05, 3.63) is 16.1 Å². The molecule has 0 bridgehead atoms. The molecule has 2 rings (SSSR count). The third-order valence-corrected chi connectivity index (χ3v) is 4.25. The molecule has 1 aliphatic rings. The van der Waals surface area contributed by atoms with Gasteiger partial charge in [0.15, 0.2) is 0 Å². The molecule has 0 spiro atoms. The van der Waals surface area contributed by atoms with E-state index >= 15 is 0 Å². The molecule has 1 saturated carbocycles. The Morgan fingerprint density at radius 1 is 1.53 bits per heavy atom. The van der Waals surface area contributed by atoms with E-state index in [1.165, 1.54) is 25.7 Å². The van der Waals surface area contributed by atoms with Crippen LogP contribution in [0.25, 0.3) is 0 Å². The van der Waals surface area contributed by atoms with E-state index in [9.17, 15) is 0 Å². The number of rotatable bonds is 2. The second-order valence-corrected chi connectivity index (χ2v) is 5.91. The number of thiazole rings is 1. The quantitative estimate of drug-likeness (QED) is 0.837. The summed E-state index contributed by atoms with van der Waals surface area (Å²) in [5.74, 6) is 1.49. The van der Waals surface area contributed by atoms with Crippen molar-refractivity contribution >= 4 is 11.3 Å². The van der Waals surface area contributed by atoms with Crippen molar-refractivity contribution in [2.45, 2.75) is 45.6 Å². The molecule has 3 heteroatoms. The van der Waals surface area contributed by atoms with Gasteiger partial charge in [-0.15, -0.1) is 11.3 Å². The van der Waals surface area contributed by atoms with Crippen LogP contribution in [-0.4, -0.2) is 4.98 Å². The van der Waals surface area contributed by atoms with Crippen LogP contribution in [0.3, 0.4) is 0 Å². The molecule has 0 aromatic carbocycles. The summed E-state index contributed by atoms with van der Waals surface area (Å²) in [6, 6.07) is 0.165. The minimum atomic E-state index is 0.165. The molecule has 0 aliphatic heterocycles. The monoisotopic (exact) mass is 224 g/mol. The molecule has 15 heavy (non-hydrogen) atoms. The van der Waals surface area contributed by atoms with E-state index in [2.05, 4.69) is 17.3 Å². The predicted molar refractivity (Wildman–Crippen MR) is 64.9 cm³/mol. The lowest BCUT2D eigenvalue weighted by Crippen LogP contribution is -2.26. The smallest absolute Gasteiger partial charge is 0.0898 e. The van der Waals surface area contributed by atoms with Gasteiger partial charge in [0.05, 0.1) is 16.7 Å². The Morgan fingerprint density at radius 3 is 2.93 bits per heavy atom. The van der Waals surface area contributed by atoms with Crippen molar-refractivity contribution in [2.24, 2.45) is 17.6 Å². The van der Waals surface area contributed by atoms with Gasteiger partial charge >= 0.3 is 0 Å². The van der Waals surface area contributed by atoms with Gasteiger partial charge in [0.25, 0.3) is 0 Å². The van der Waals surface area contributed by atoms with Gasteiger partial charge in [0.2, 0.25) is 0 Å². The molecule has 1 aliphatic carbocycles. The third kappa shape index (κ3) is 2.58. The van der Waals surface area contributed by atoms with Crippen LogP contribution in [0.2, 0.25) is 0 Å². The summed E-state index contributed by atoms with van der Waals surface area (Å²) in [6.45, 7) is 4.38. The Hall–Kier alpha value is -0.410. The van der Waals surface area contributed by atoms with Crippen molar-refractivity contribution in [3.8, 4) is 0 Å². The number of nitrogens with zero attached hydrogens (tertiary/aromatic N) is 1. The normalized spacial score (nSPS) is 29.0. The lowest BCUT2D eigenvalue weighted by Gasteiger charge is -2.30. The van der Waals surface area contributed by atoms with Gasteiger partial charge in [-0.05, 0) is 31.6 Å². The van der Waals surface area contributed by atoms with Crippen molar-refractivity contribution in [2.75, 3.05) is 0 Å². The average molecular weight is 224 g/mol. The summed E-state index contributed by atoms with van der Waals surface area (Å²) in [6.07, 6.45) is 5.27. The number of aromatic nitrogens is 1. The summed E-state index contributed by atoms with van der Waals surface area (Å²) >= 11 is 1.71. The van der Waals surface area contributed by atoms with Crippen LogP contribution in [0.4, 0.5) is 0 Å². The van der Waals surface area contributed by atoms with E-state index in [1.807, 2.05) is 6.92 Å². The van der Waals surface area contributed by atoms with E-state index in [0.29, 0.717) is 5.92 Å². The van der Waals surface area contributed by atoms with E-state index in [-0.39, 0.29) is 6.04 Å². The van der Waals surface area contributed by atoms with Crippen LogP contribution in [0.15, 0.2) is 5.38 Å². The Balaban J connectivity index is 2.03. The van der Waals surface area contributed by atoms with Crippen LogP contribution in [0, 0.1) is 18.8 Å².